The van der Waals surface area contributed by atoms with E-state index in [2.05, 4.69) is 21.8 Å². The first kappa shape index (κ1) is 14.2. The van der Waals surface area contributed by atoms with Gasteiger partial charge in [-0.3, -0.25) is 0 Å². The zero-order valence-electron chi connectivity index (χ0n) is 11.8. The lowest BCUT2D eigenvalue weighted by atomic mass is 10.1. The summed E-state index contributed by atoms with van der Waals surface area (Å²) in [6.45, 7) is 7.16. The molecule has 1 atom stereocenters. The molecule has 0 bridgehead atoms. The van der Waals surface area contributed by atoms with Gasteiger partial charge < -0.3 is 14.7 Å². The van der Waals surface area contributed by atoms with E-state index in [1.807, 2.05) is 13.1 Å². The number of hydrogen-bond donors (Lipinski definition) is 1. The molecule has 0 spiro atoms. The Labute approximate surface area is 114 Å². The molecule has 5 nitrogen and oxygen atoms in total. The van der Waals surface area contributed by atoms with Crippen LogP contribution in [0.4, 0.5) is 5.82 Å². The van der Waals surface area contributed by atoms with Crippen LogP contribution in [-0.2, 0) is 11.2 Å². The average Bonchev–Trinajstić information content (AvgIpc) is 2.66. The average molecular weight is 265 g/mol. The number of rotatable bonds is 4. The fourth-order valence-electron chi connectivity index (χ4n) is 2.39. The van der Waals surface area contributed by atoms with Gasteiger partial charge in [0.05, 0.1) is 13.2 Å². The van der Waals surface area contributed by atoms with Crippen LogP contribution < -0.4 is 4.90 Å². The molecule has 2 rings (SSSR count). The topological polar surface area (TPSA) is 58.5 Å². The van der Waals surface area contributed by atoms with Gasteiger partial charge in [0, 0.05) is 37.4 Å². The summed E-state index contributed by atoms with van der Waals surface area (Å²) in [5.74, 6) is 1.96. The molecular weight excluding hydrogens is 242 g/mol. The number of aromatic nitrogens is 2. The van der Waals surface area contributed by atoms with Gasteiger partial charge in [-0.2, -0.15) is 0 Å². The second-order valence-corrected chi connectivity index (χ2v) is 5.09. The summed E-state index contributed by atoms with van der Waals surface area (Å²) in [4.78, 5) is 11.1. The van der Waals surface area contributed by atoms with Gasteiger partial charge in [0.15, 0.2) is 0 Å². The highest BCUT2D eigenvalue weighted by atomic mass is 16.5. The molecule has 1 aliphatic rings. The maximum Gasteiger partial charge on any atom is 0.135 e. The molecule has 19 heavy (non-hydrogen) atoms. The van der Waals surface area contributed by atoms with Gasteiger partial charge in [0.25, 0.3) is 0 Å². The van der Waals surface area contributed by atoms with Crippen LogP contribution in [0.1, 0.15) is 24.7 Å². The van der Waals surface area contributed by atoms with Gasteiger partial charge in [-0.05, 0) is 13.3 Å². The lowest BCUT2D eigenvalue weighted by molar-refractivity contribution is 0.0959. The van der Waals surface area contributed by atoms with E-state index < -0.39 is 0 Å². The van der Waals surface area contributed by atoms with Crippen molar-refractivity contribution in [2.24, 2.45) is 5.92 Å². The van der Waals surface area contributed by atoms with Crippen LogP contribution in [0.15, 0.2) is 6.20 Å². The molecule has 2 heterocycles. The zero-order chi connectivity index (χ0) is 13.7. The van der Waals surface area contributed by atoms with Crippen LogP contribution in [0.25, 0.3) is 0 Å². The third kappa shape index (κ3) is 3.64. The Morgan fingerprint density at radius 3 is 3.11 bits per heavy atom. The number of hydrogen-bond acceptors (Lipinski definition) is 5. The van der Waals surface area contributed by atoms with Crippen molar-refractivity contribution in [1.82, 2.24) is 9.97 Å². The van der Waals surface area contributed by atoms with E-state index in [1.165, 1.54) is 5.56 Å². The highest BCUT2D eigenvalue weighted by Crippen LogP contribution is 2.21. The summed E-state index contributed by atoms with van der Waals surface area (Å²) < 4.78 is 5.53. The Hall–Kier alpha value is -1.20. The number of aliphatic hydroxyl groups excluding tert-OH is 1. The van der Waals surface area contributed by atoms with Crippen molar-refractivity contribution in [3.8, 4) is 0 Å². The quantitative estimate of drug-likeness (QED) is 0.886. The Balaban J connectivity index is 2.24. The van der Waals surface area contributed by atoms with Crippen molar-refractivity contribution >= 4 is 5.82 Å². The molecule has 0 amide bonds. The largest absolute Gasteiger partial charge is 0.396 e. The minimum absolute atomic E-state index is 0.156. The predicted octanol–water partition coefficient (Wildman–Crippen LogP) is 1.18. The van der Waals surface area contributed by atoms with Crippen molar-refractivity contribution in [2.45, 2.75) is 26.7 Å². The standard InChI is InChI=1S/C14H23N3O2/c1-3-4-13-7-15-11(2)16-14(13)17-5-6-19-10-12(8-17)9-18/h7,12,18H,3-6,8-10H2,1-2H3/t12-/m0/s1. The van der Waals surface area contributed by atoms with Gasteiger partial charge in [-0.1, -0.05) is 13.3 Å². The van der Waals surface area contributed by atoms with E-state index in [9.17, 15) is 5.11 Å². The minimum Gasteiger partial charge on any atom is -0.396 e. The molecule has 1 saturated heterocycles. The van der Waals surface area contributed by atoms with Crippen LogP contribution in [0.3, 0.4) is 0 Å². The van der Waals surface area contributed by atoms with E-state index in [0.717, 1.165) is 37.6 Å². The molecule has 0 unspecified atom stereocenters. The Kier molecular flexibility index (Phi) is 5.10. The van der Waals surface area contributed by atoms with E-state index in [4.69, 9.17) is 4.74 Å². The summed E-state index contributed by atoms with van der Waals surface area (Å²) in [5, 5.41) is 9.37. The van der Waals surface area contributed by atoms with Crippen molar-refractivity contribution in [3.63, 3.8) is 0 Å². The smallest absolute Gasteiger partial charge is 0.135 e. The van der Waals surface area contributed by atoms with Gasteiger partial charge in [0.1, 0.15) is 11.6 Å². The maximum atomic E-state index is 9.37. The summed E-state index contributed by atoms with van der Waals surface area (Å²) in [7, 11) is 0. The first-order valence-corrected chi connectivity index (χ1v) is 7.00. The first-order valence-electron chi connectivity index (χ1n) is 7.00. The summed E-state index contributed by atoms with van der Waals surface area (Å²) in [6, 6.07) is 0. The Morgan fingerprint density at radius 2 is 2.37 bits per heavy atom. The SMILES string of the molecule is CCCc1cnc(C)nc1N1CCOC[C@H](CO)C1. The number of aliphatic hydroxyl groups is 1. The molecule has 106 valence electrons. The van der Waals surface area contributed by atoms with Crippen LogP contribution in [0.5, 0.6) is 0 Å². The van der Waals surface area contributed by atoms with E-state index in [-0.39, 0.29) is 12.5 Å². The Morgan fingerprint density at radius 1 is 1.53 bits per heavy atom. The van der Waals surface area contributed by atoms with Crippen LogP contribution in [0, 0.1) is 12.8 Å². The molecule has 5 heteroatoms. The van der Waals surface area contributed by atoms with Gasteiger partial charge in [0.2, 0.25) is 0 Å². The first-order chi connectivity index (χ1) is 9.24. The van der Waals surface area contributed by atoms with Crippen molar-refractivity contribution in [2.75, 3.05) is 37.8 Å². The molecule has 0 saturated carbocycles. The number of ether oxygens (including phenoxy) is 1. The van der Waals surface area contributed by atoms with Gasteiger partial charge in [-0.15, -0.1) is 0 Å². The molecular formula is C14H23N3O2. The van der Waals surface area contributed by atoms with Gasteiger partial charge in [-0.25, -0.2) is 9.97 Å². The molecule has 1 N–H and O–H groups in total. The van der Waals surface area contributed by atoms with E-state index in [0.29, 0.717) is 13.2 Å². The van der Waals surface area contributed by atoms with Crippen LogP contribution in [0.2, 0.25) is 0 Å². The Bertz CT molecular complexity index is 412. The van der Waals surface area contributed by atoms with Crippen molar-refractivity contribution in [1.29, 1.82) is 0 Å². The number of aryl methyl sites for hydroxylation is 2. The molecule has 1 aromatic rings. The summed E-state index contributed by atoms with van der Waals surface area (Å²) in [5.41, 5.74) is 1.19. The third-order valence-electron chi connectivity index (χ3n) is 3.38. The third-order valence-corrected chi connectivity index (χ3v) is 3.38. The molecule has 0 aromatic carbocycles. The van der Waals surface area contributed by atoms with Crippen LogP contribution >= 0.6 is 0 Å². The lowest BCUT2D eigenvalue weighted by Crippen LogP contribution is -2.33. The molecule has 0 aliphatic carbocycles. The molecule has 1 fully saturated rings. The van der Waals surface area contributed by atoms with Crippen LogP contribution in [-0.4, -0.2) is 48.0 Å². The molecule has 1 aromatic heterocycles. The summed E-state index contributed by atoms with van der Waals surface area (Å²) in [6.07, 6.45) is 3.99. The van der Waals surface area contributed by atoms with E-state index >= 15 is 0 Å². The summed E-state index contributed by atoms with van der Waals surface area (Å²) >= 11 is 0. The fraction of sp³-hybridized carbons (Fsp3) is 0.714. The maximum absolute atomic E-state index is 9.37. The zero-order valence-corrected chi connectivity index (χ0v) is 11.8. The molecule has 1 aliphatic heterocycles. The second-order valence-electron chi connectivity index (χ2n) is 5.09. The monoisotopic (exact) mass is 265 g/mol. The lowest BCUT2D eigenvalue weighted by Gasteiger charge is -2.26. The predicted molar refractivity (Wildman–Crippen MR) is 74.4 cm³/mol. The highest BCUT2D eigenvalue weighted by Gasteiger charge is 2.21. The van der Waals surface area contributed by atoms with E-state index in [1.54, 1.807) is 0 Å². The van der Waals surface area contributed by atoms with Crippen molar-refractivity contribution < 1.29 is 9.84 Å². The molecule has 0 radical (unpaired) electrons. The normalized spacial score (nSPS) is 20.4. The van der Waals surface area contributed by atoms with Gasteiger partial charge >= 0.3 is 0 Å². The highest BCUT2D eigenvalue weighted by molar-refractivity contribution is 5.46. The van der Waals surface area contributed by atoms with Crippen molar-refractivity contribution in [3.05, 3.63) is 17.6 Å². The number of anilines is 1. The minimum atomic E-state index is 0.156. The number of nitrogens with zero attached hydrogens (tertiary/aromatic N) is 3. The fourth-order valence-corrected chi connectivity index (χ4v) is 2.39. The second kappa shape index (κ2) is 6.82.